The minimum Gasteiger partial charge on any atom is -0.457 e. The van der Waals surface area contributed by atoms with E-state index in [0.29, 0.717) is 36.6 Å². The largest absolute Gasteiger partial charge is 0.457 e. The first kappa shape index (κ1) is 24.5. The van der Waals surface area contributed by atoms with Crippen LogP contribution in [0.3, 0.4) is 0 Å². The number of benzene rings is 2. The molecule has 2 amide bonds. The highest BCUT2D eigenvalue weighted by Gasteiger charge is 2.34. The highest BCUT2D eigenvalue weighted by Crippen LogP contribution is 2.37. The third-order valence-electron chi connectivity index (χ3n) is 5.59. The standard InChI is InChI=1S/C25H21ClF3N3O3/c1-14(33)31-23-13-20(8-9-30-23)35-19-6-4-15-2-3-16(10-17(15)11-19)24(34)32-18-5-7-22(26)21(12-18)25(27,28)29/h4-9,11-13,16H,2-3,10H2,1H3,(H,32,34)(H,30,31,33). The molecule has 0 spiro atoms. The fourth-order valence-electron chi connectivity index (χ4n) is 3.94. The van der Waals surface area contributed by atoms with Gasteiger partial charge >= 0.3 is 6.18 Å². The molecule has 1 atom stereocenters. The lowest BCUT2D eigenvalue weighted by Crippen LogP contribution is -2.28. The number of nitrogens with zero attached hydrogens (tertiary/aromatic N) is 1. The van der Waals surface area contributed by atoms with E-state index in [0.717, 1.165) is 23.3 Å². The number of rotatable bonds is 5. The average Bonchev–Trinajstić information content (AvgIpc) is 2.79. The molecule has 4 rings (SSSR count). The highest BCUT2D eigenvalue weighted by molar-refractivity contribution is 6.31. The van der Waals surface area contributed by atoms with Crippen LogP contribution in [0.1, 0.15) is 30.0 Å². The predicted molar refractivity (Wildman–Crippen MR) is 126 cm³/mol. The maximum atomic E-state index is 13.1. The van der Waals surface area contributed by atoms with Crippen LogP contribution in [-0.4, -0.2) is 16.8 Å². The predicted octanol–water partition coefficient (Wildman–Crippen LogP) is 6.25. The van der Waals surface area contributed by atoms with E-state index in [1.807, 2.05) is 18.2 Å². The van der Waals surface area contributed by atoms with Gasteiger partial charge in [-0.15, -0.1) is 0 Å². The van der Waals surface area contributed by atoms with Gasteiger partial charge in [-0.2, -0.15) is 13.2 Å². The molecule has 1 aliphatic carbocycles. The van der Waals surface area contributed by atoms with Crippen LogP contribution in [0.4, 0.5) is 24.7 Å². The van der Waals surface area contributed by atoms with Crippen molar-refractivity contribution in [3.05, 3.63) is 76.4 Å². The zero-order valence-electron chi connectivity index (χ0n) is 18.6. The van der Waals surface area contributed by atoms with Gasteiger partial charge in [-0.25, -0.2) is 4.98 Å². The summed E-state index contributed by atoms with van der Waals surface area (Å²) in [4.78, 5) is 28.1. The molecule has 10 heteroatoms. The third kappa shape index (κ3) is 6.10. The Morgan fingerprint density at radius 2 is 1.80 bits per heavy atom. The van der Waals surface area contributed by atoms with Gasteiger partial charge in [0.25, 0.3) is 0 Å². The molecular formula is C25H21ClF3N3O3. The maximum absolute atomic E-state index is 13.1. The van der Waals surface area contributed by atoms with Gasteiger partial charge < -0.3 is 15.4 Å². The number of aromatic nitrogens is 1. The Morgan fingerprint density at radius 1 is 1.03 bits per heavy atom. The minimum absolute atomic E-state index is 0.0438. The van der Waals surface area contributed by atoms with Crippen molar-refractivity contribution in [3.63, 3.8) is 0 Å². The van der Waals surface area contributed by atoms with Crippen molar-refractivity contribution in [3.8, 4) is 11.5 Å². The minimum atomic E-state index is -4.62. The molecule has 6 nitrogen and oxygen atoms in total. The smallest absolute Gasteiger partial charge is 0.417 e. The van der Waals surface area contributed by atoms with Crippen molar-refractivity contribution >= 4 is 34.9 Å². The molecule has 35 heavy (non-hydrogen) atoms. The van der Waals surface area contributed by atoms with Crippen molar-refractivity contribution in [2.75, 3.05) is 10.6 Å². The van der Waals surface area contributed by atoms with Crippen molar-refractivity contribution in [1.29, 1.82) is 0 Å². The summed E-state index contributed by atoms with van der Waals surface area (Å²) in [5.41, 5.74) is 1.06. The lowest BCUT2D eigenvalue weighted by Gasteiger charge is -2.24. The van der Waals surface area contributed by atoms with E-state index >= 15 is 0 Å². The van der Waals surface area contributed by atoms with Crippen LogP contribution in [0.2, 0.25) is 5.02 Å². The van der Waals surface area contributed by atoms with Crippen molar-refractivity contribution in [1.82, 2.24) is 4.98 Å². The SMILES string of the molecule is CC(=O)Nc1cc(Oc2ccc3c(c2)CC(C(=O)Nc2ccc(Cl)c(C(F)(F)F)c2)CC3)ccn1. The molecule has 1 aromatic heterocycles. The van der Waals surface area contributed by atoms with Gasteiger partial charge in [0.1, 0.15) is 17.3 Å². The Hall–Kier alpha value is -3.59. The molecule has 0 aliphatic heterocycles. The number of pyridine rings is 1. The van der Waals surface area contributed by atoms with E-state index in [2.05, 4.69) is 15.6 Å². The summed E-state index contributed by atoms with van der Waals surface area (Å²) in [5.74, 6) is 0.387. The monoisotopic (exact) mass is 503 g/mol. The van der Waals surface area contributed by atoms with E-state index in [1.54, 1.807) is 12.1 Å². The molecule has 1 aliphatic rings. The van der Waals surface area contributed by atoms with Crippen LogP contribution >= 0.6 is 11.6 Å². The van der Waals surface area contributed by atoms with Crippen LogP contribution in [0.25, 0.3) is 0 Å². The molecule has 2 aromatic carbocycles. The fraction of sp³-hybridized carbons (Fsp3) is 0.240. The number of hydrogen-bond donors (Lipinski definition) is 2. The van der Waals surface area contributed by atoms with Gasteiger partial charge in [0, 0.05) is 30.8 Å². The molecule has 1 unspecified atom stereocenters. The van der Waals surface area contributed by atoms with Gasteiger partial charge in [0.15, 0.2) is 0 Å². The van der Waals surface area contributed by atoms with Crippen LogP contribution in [0.5, 0.6) is 11.5 Å². The Balaban J connectivity index is 1.46. The summed E-state index contributed by atoms with van der Waals surface area (Å²) in [7, 11) is 0. The summed E-state index contributed by atoms with van der Waals surface area (Å²) in [5, 5.41) is 4.75. The van der Waals surface area contributed by atoms with Gasteiger partial charge in [0.2, 0.25) is 11.8 Å². The van der Waals surface area contributed by atoms with E-state index in [1.165, 1.54) is 19.2 Å². The number of amides is 2. The Kier molecular flexibility index (Phi) is 6.98. The lowest BCUT2D eigenvalue weighted by molar-refractivity contribution is -0.137. The fourth-order valence-corrected chi connectivity index (χ4v) is 4.17. The zero-order chi connectivity index (χ0) is 25.2. The Bertz CT molecular complexity index is 1280. The van der Waals surface area contributed by atoms with Crippen LogP contribution in [0, 0.1) is 5.92 Å². The van der Waals surface area contributed by atoms with Crippen LogP contribution in [0.15, 0.2) is 54.7 Å². The Labute approximate surface area is 204 Å². The van der Waals surface area contributed by atoms with Gasteiger partial charge in [0.05, 0.1) is 10.6 Å². The number of halogens is 4. The summed E-state index contributed by atoms with van der Waals surface area (Å²) in [6, 6.07) is 12.2. The van der Waals surface area contributed by atoms with Crippen LogP contribution in [-0.2, 0) is 28.6 Å². The molecule has 0 bridgehead atoms. The summed E-state index contributed by atoms with van der Waals surface area (Å²) in [6.45, 7) is 1.38. The molecule has 0 fully saturated rings. The number of anilines is 2. The number of fused-ring (bicyclic) bond motifs is 1. The van der Waals surface area contributed by atoms with Gasteiger partial charge in [-0.1, -0.05) is 17.7 Å². The topological polar surface area (TPSA) is 80.3 Å². The second-order valence-electron chi connectivity index (χ2n) is 8.21. The van der Waals surface area contributed by atoms with Crippen molar-refractivity contribution < 1.29 is 27.5 Å². The maximum Gasteiger partial charge on any atom is 0.417 e. The second kappa shape index (κ2) is 9.95. The number of hydrogen-bond acceptors (Lipinski definition) is 4. The molecule has 1 heterocycles. The zero-order valence-corrected chi connectivity index (χ0v) is 19.3. The number of alkyl halides is 3. The number of nitrogens with one attached hydrogen (secondary N) is 2. The second-order valence-corrected chi connectivity index (χ2v) is 8.62. The molecule has 182 valence electrons. The quantitative estimate of drug-likeness (QED) is 0.431. The average molecular weight is 504 g/mol. The van der Waals surface area contributed by atoms with Crippen molar-refractivity contribution in [2.45, 2.75) is 32.4 Å². The highest BCUT2D eigenvalue weighted by atomic mass is 35.5. The number of carbonyl (C=O) groups excluding carboxylic acids is 2. The third-order valence-corrected chi connectivity index (χ3v) is 5.92. The van der Waals surface area contributed by atoms with E-state index in [9.17, 15) is 22.8 Å². The first-order valence-corrected chi connectivity index (χ1v) is 11.2. The first-order valence-electron chi connectivity index (χ1n) is 10.8. The van der Waals surface area contributed by atoms with E-state index in [4.69, 9.17) is 16.3 Å². The summed E-state index contributed by atoms with van der Waals surface area (Å²) >= 11 is 5.66. The molecule has 0 saturated carbocycles. The van der Waals surface area contributed by atoms with Gasteiger partial charge in [-0.05, 0) is 66.8 Å². The molecule has 0 saturated heterocycles. The number of aryl methyl sites for hydroxylation is 1. The number of carbonyl (C=O) groups is 2. The number of ether oxygens (including phenoxy) is 1. The lowest BCUT2D eigenvalue weighted by atomic mass is 9.83. The molecule has 2 N–H and O–H groups in total. The molecule has 0 radical (unpaired) electrons. The van der Waals surface area contributed by atoms with Crippen LogP contribution < -0.4 is 15.4 Å². The van der Waals surface area contributed by atoms with E-state index < -0.39 is 22.7 Å². The van der Waals surface area contributed by atoms with Gasteiger partial charge in [-0.3, -0.25) is 9.59 Å². The molecule has 3 aromatic rings. The summed E-state index contributed by atoms with van der Waals surface area (Å²) < 4.78 is 45.3. The normalized spacial score (nSPS) is 15.2. The van der Waals surface area contributed by atoms with E-state index in [-0.39, 0.29) is 17.5 Å². The first-order chi connectivity index (χ1) is 16.6. The molecular weight excluding hydrogens is 483 g/mol. The Morgan fingerprint density at radius 3 is 2.54 bits per heavy atom. The summed E-state index contributed by atoms with van der Waals surface area (Å²) in [6.07, 6.45) is -1.45. The van der Waals surface area contributed by atoms with Crippen molar-refractivity contribution in [2.24, 2.45) is 5.92 Å².